The van der Waals surface area contributed by atoms with Crippen LogP contribution in [0, 0.1) is 5.92 Å². The zero-order valence-electron chi connectivity index (χ0n) is 12.0. The molecule has 112 valence electrons. The van der Waals surface area contributed by atoms with Crippen molar-refractivity contribution in [3.8, 4) is 0 Å². The third kappa shape index (κ3) is 4.15. The largest absolute Gasteiger partial charge is 0.369 e. The number of amides is 2. The summed E-state index contributed by atoms with van der Waals surface area (Å²) in [6.07, 6.45) is 1.90. The van der Waals surface area contributed by atoms with Gasteiger partial charge in [0.25, 0.3) is 0 Å². The van der Waals surface area contributed by atoms with Crippen molar-refractivity contribution in [2.45, 2.75) is 25.7 Å². The summed E-state index contributed by atoms with van der Waals surface area (Å²) in [4.78, 5) is 36.9. The molecule has 5 nitrogen and oxygen atoms in total. The van der Waals surface area contributed by atoms with Gasteiger partial charge in [0.1, 0.15) is 0 Å². The van der Waals surface area contributed by atoms with E-state index in [-0.39, 0.29) is 36.4 Å². The summed E-state index contributed by atoms with van der Waals surface area (Å²) in [5.74, 6) is -0.724. The Morgan fingerprint density at radius 2 is 1.86 bits per heavy atom. The predicted octanol–water partition coefficient (Wildman–Crippen LogP) is 1.37. The summed E-state index contributed by atoms with van der Waals surface area (Å²) < 4.78 is 0. The number of benzene rings is 1. The molecular weight excluding hydrogens is 268 g/mol. The van der Waals surface area contributed by atoms with Crippen molar-refractivity contribution in [2.24, 2.45) is 11.7 Å². The Hall–Kier alpha value is -2.17. The summed E-state index contributed by atoms with van der Waals surface area (Å²) in [5, 5.41) is 0. The normalized spacial score (nSPS) is 18.3. The van der Waals surface area contributed by atoms with Gasteiger partial charge in [-0.15, -0.1) is 0 Å². The lowest BCUT2D eigenvalue weighted by Gasteiger charge is -2.31. The number of piperidine rings is 1. The minimum Gasteiger partial charge on any atom is -0.369 e. The average Bonchev–Trinajstić information content (AvgIpc) is 2.53. The smallest absolute Gasteiger partial charge is 0.223 e. The number of hydrogen-bond acceptors (Lipinski definition) is 3. The van der Waals surface area contributed by atoms with Gasteiger partial charge in [0, 0.05) is 31.5 Å². The second-order valence-electron chi connectivity index (χ2n) is 5.37. The third-order valence-corrected chi connectivity index (χ3v) is 3.84. The first-order valence-corrected chi connectivity index (χ1v) is 7.23. The first-order chi connectivity index (χ1) is 10.1. The maximum atomic E-state index is 12.1. The van der Waals surface area contributed by atoms with Gasteiger partial charge >= 0.3 is 0 Å². The monoisotopic (exact) mass is 288 g/mol. The van der Waals surface area contributed by atoms with E-state index in [9.17, 15) is 14.4 Å². The second-order valence-corrected chi connectivity index (χ2v) is 5.37. The molecule has 2 rings (SSSR count). The van der Waals surface area contributed by atoms with Crippen LogP contribution in [0.3, 0.4) is 0 Å². The Morgan fingerprint density at radius 3 is 2.52 bits per heavy atom. The number of rotatable bonds is 5. The average molecular weight is 288 g/mol. The fourth-order valence-electron chi connectivity index (χ4n) is 2.58. The van der Waals surface area contributed by atoms with Crippen LogP contribution in [0.2, 0.25) is 0 Å². The van der Waals surface area contributed by atoms with Gasteiger partial charge in [-0.1, -0.05) is 30.3 Å². The zero-order valence-corrected chi connectivity index (χ0v) is 12.0. The lowest BCUT2D eigenvalue weighted by Crippen LogP contribution is -2.44. The topological polar surface area (TPSA) is 80.5 Å². The van der Waals surface area contributed by atoms with Gasteiger partial charge in [0.2, 0.25) is 11.8 Å². The molecular formula is C16H20N2O3. The number of hydrogen-bond donors (Lipinski definition) is 1. The highest BCUT2D eigenvalue weighted by Gasteiger charge is 2.26. The molecule has 21 heavy (non-hydrogen) atoms. The van der Waals surface area contributed by atoms with E-state index < -0.39 is 0 Å². The molecule has 1 heterocycles. The van der Waals surface area contributed by atoms with E-state index in [1.807, 2.05) is 6.07 Å². The molecule has 2 amide bonds. The second kappa shape index (κ2) is 7.02. The molecule has 1 aromatic carbocycles. The van der Waals surface area contributed by atoms with E-state index in [1.54, 1.807) is 29.2 Å². The quantitative estimate of drug-likeness (QED) is 0.831. The molecule has 1 aliphatic heterocycles. The van der Waals surface area contributed by atoms with Crippen LogP contribution < -0.4 is 5.73 Å². The van der Waals surface area contributed by atoms with E-state index >= 15 is 0 Å². The molecule has 1 unspecified atom stereocenters. The first kappa shape index (κ1) is 15.2. The highest BCUT2D eigenvalue weighted by molar-refractivity contribution is 5.97. The number of nitrogens with zero attached hydrogens (tertiary/aromatic N) is 1. The molecule has 0 aliphatic carbocycles. The number of ketones is 1. The summed E-state index contributed by atoms with van der Waals surface area (Å²) >= 11 is 0. The Kier molecular flexibility index (Phi) is 5.09. The van der Waals surface area contributed by atoms with Crippen molar-refractivity contribution < 1.29 is 14.4 Å². The van der Waals surface area contributed by atoms with E-state index in [0.717, 1.165) is 12.8 Å². The van der Waals surface area contributed by atoms with E-state index in [1.165, 1.54) is 0 Å². The van der Waals surface area contributed by atoms with Crippen LogP contribution in [0.15, 0.2) is 30.3 Å². The molecule has 1 aliphatic rings. The first-order valence-electron chi connectivity index (χ1n) is 7.23. The van der Waals surface area contributed by atoms with Gasteiger partial charge in [-0.25, -0.2) is 0 Å². The van der Waals surface area contributed by atoms with Crippen LogP contribution in [0.1, 0.15) is 36.0 Å². The van der Waals surface area contributed by atoms with Crippen molar-refractivity contribution in [3.63, 3.8) is 0 Å². The van der Waals surface area contributed by atoms with E-state index in [2.05, 4.69) is 0 Å². The van der Waals surface area contributed by atoms with E-state index in [4.69, 9.17) is 5.73 Å². The molecule has 0 saturated carbocycles. The molecule has 1 aromatic rings. The van der Waals surface area contributed by atoms with Gasteiger partial charge in [-0.05, 0) is 12.8 Å². The Bertz CT molecular complexity index is 528. The number of nitrogens with two attached hydrogens (primary N) is 1. The fraction of sp³-hybridized carbons (Fsp3) is 0.438. The van der Waals surface area contributed by atoms with Crippen LogP contribution in [-0.2, 0) is 9.59 Å². The standard InChI is InChI=1S/C16H20N2O3/c17-16(21)13-7-4-10-18(11-13)15(20)9-8-14(19)12-5-2-1-3-6-12/h1-3,5-6,13H,4,7-11H2,(H2,17,21). The minimum atomic E-state index is -0.354. The summed E-state index contributed by atoms with van der Waals surface area (Å²) in [7, 11) is 0. The molecule has 0 aromatic heterocycles. The lowest BCUT2D eigenvalue weighted by molar-refractivity contribution is -0.134. The van der Waals surface area contributed by atoms with Gasteiger partial charge in [-0.2, -0.15) is 0 Å². The van der Waals surface area contributed by atoms with Gasteiger partial charge in [0.15, 0.2) is 5.78 Å². The maximum Gasteiger partial charge on any atom is 0.223 e. The zero-order chi connectivity index (χ0) is 15.2. The van der Waals surface area contributed by atoms with Crippen LogP contribution in [0.4, 0.5) is 0 Å². The molecule has 0 radical (unpaired) electrons. The highest BCUT2D eigenvalue weighted by Crippen LogP contribution is 2.17. The highest BCUT2D eigenvalue weighted by atomic mass is 16.2. The van der Waals surface area contributed by atoms with Crippen molar-refractivity contribution in [3.05, 3.63) is 35.9 Å². The summed E-state index contributed by atoms with van der Waals surface area (Å²) in [5.41, 5.74) is 5.92. The van der Waals surface area contributed by atoms with Gasteiger partial charge in [0.05, 0.1) is 5.92 Å². The molecule has 1 atom stereocenters. The Balaban J connectivity index is 1.84. The molecule has 2 N–H and O–H groups in total. The number of Topliss-reactive ketones (excluding diaryl/α,β-unsaturated/α-hetero) is 1. The van der Waals surface area contributed by atoms with Crippen molar-refractivity contribution >= 4 is 17.6 Å². The number of carbonyl (C=O) groups excluding carboxylic acids is 3. The minimum absolute atomic E-state index is 0.0348. The van der Waals surface area contributed by atoms with Crippen LogP contribution in [0.25, 0.3) is 0 Å². The molecule has 1 saturated heterocycles. The molecule has 1 fully saturated rings. The van der Waals surface area contributed by atoms with Crippen molar-refractivity contribution in [1.29, 1.82) is 0 Å². The predicted molar refractivity (Wildman–Crippen MR) is 78.5 cm³/mol. The Morgan fingerprint density at radius 1 is 1.14 bits per heavy atom. The lowest BCUT2D eigenvalue weighted by atomic mass is 9.97. The van der Waals surface area contributed by atoms with Crippen LogP contribution in [-0.4, -0.2) is 35.6 Å². The number of likely N-dealkylation sites (tertiary alicyclic amines) is 1. The van der Waals surface area contributed by atoms with Crippen molar-refractivity contribution in [2.75, 3.05) is 13.1 Å². The molecule has 5 heteroatoms. The van der Waals surface area contributed by atoms with Gasteiger partial charge < -0.3 is 10.6 Å². The number of primary amides is 1. The summed E-state index contributed by atoms with van der Waals surface area (Å²) in [6, 6.07) is 8.95. The number of carbonyl (C=O) groups is 3. The SMILES string of the molecule is NC(=O)C1CCCN(C(=O)CCC(=O)c2ccccc2)C1. The van der Waals surface area contributed by atoms with Gasteiger partial charge in [-0.3, -0.25) is 14.4 Å². The third-order valence-electron chi connectivity index (χ3n) is 3.84. The van der Waals surface area contributed by atoms with Crippen LogP contribution in [0.5, 0.6) is 0 Å². The molecule has 0 spiro atoms. The Labute approximate surface area is 124 Å². The maximum absolute atomic E-state index is 12.1. The van der Waals surface area contributed by atoms with E-state index in [0.29, 0.717) is 18.7 Å². The van der Waals surface area contributed by atoms with Crippen LogP contribution >= 0.6 is 0 Å². The summed E-state index contributed by atoms with van der Waals surface area (Å²) in [6.45, 7) is 1.02. The molecule has 0 bridgehead atoms. The fourth-order valence-corrected chi connectivity index (χ4v) is 2.58. The van der Waals surface area contributed by atoms with Crippen molar-refractivity contribution in [1.82, 2.24) is 4.90 Å².